The van der Waals surface area contributed by atoms with Crippen LogP contribution in [0.2, 0.25) is 0 Å². The average molecular weight is 381 g/mol. The molecular weight excluding hydrogens is 357 g/mol. The fraction of sp³-hybridized carbons (Fsp3) is 0.273. The highest BCUT2D eigenvalue weighted by molar-refractivity contribution is 5.76. The van der Waals surface area contributed by atoms with E-state index in [1.807, 2.05) is 39.0 Å². The first-order chi connectivity index (χ1) is 13.4. The first-order valence-corrected chi connectivity index (χ1v) is 9.19. The second-order valence-electron chi connectivity index (χ2n) is 6.77. The van der Waals surface area contributed by atoms with Gasteiger partial charge in [-0.25, -0.2) is 9.37 Å². The molecule has 0 radical (unpaired) electrons. The molecule has 1 aromatic heterocycles. The Kier molecular flexibility index (Phi) is 6.09. The van der Waals surface area contributed by atoms with Gasteiger partial charge in [-0.1, -0.05) is 23.8 Å². The lowest BCUT2D eigenvalue weighted by Crippen LogP contribution is -2.24. The van der Waals surface area contributed by atoms with Crippen molar-refractivity contribution < 1.29 is 13.9 Å². The van der Waals surface area contributed by atoms with Crippen molar-refractivity contribution in [2.75, 3.05) is 6.61 Å². The molecular formula is C22H24FN3O2. The molecule has 1 N–H and O–H groups in total. The zero-order valence-electron chi connectivity index (χ0n) is 16.3. The number of nitrogens with one attached hydrogen (secondary N) is 1. The Morgan fingerprint density at radius 2 is 2.00 bits per heavy atom. The van der Waals surface area contributed by atoms with Crippen LogP contribution in [0.25, 0.3) is 5.69 Å². The molecule has 0 atom stereocenters. The number of aromatic nitrogens is 2. The molecule has 3 rings (SSSR count). The van der Waals surface area contributed by atoms with Gasteiger partial charge in [0.15, 0.2) is 0 Å². The van der Waals surface area contributed by atoms with E-state index in [-0.39, 0.29) is 24.7 Å². The van der Waals surface area contributed by atoms with Crippen LogP contribution in [0.1, 0.15) is 28.9 Å². The minimum atomic E-state index is -0.356. The maximum atomic E-state index is 14.4. The van der Waals surface area contributed by atoms with Gasteiger partial charge in [0.05, 0.1) is 18.7 Å². The van der Waals surface area contributed by atoms with Crippen LogP contribution in [0.4, 0.5) is 4.39 Å². The summed E-state index contributed by atoms with van der Waals surface area (Å²) < 4.78 is 21.7. The number of nitrogens with zero attached hydrogens (tertiary/aromatic N) is 2. The van der Waals surface area contributed by atoms with Gasteiger partial charge in [-0.15, -0.1) is 0 Å². The van der Waals surface area contributed by atoms with Crippen molar-refractivity contribution in [1.29, 1.82) is 0 Å². The number of aryl methyl sites for hydroxylation is 3. The standard InChI is InChI=1S/C22H24FN3O2/c1-15-4-7-21(16(2)12-15)28-11-8-22(27)25-14-18-5-6-20(19(23)13-18)26-10-9-24-17(26)3/h4-7,9-10,12-13H,8,11,14H2,1-3H3,(H,25,27). The second kappa shape index (κ2) is 8.69. The number of carbonyl (C=O) groups is 1. The number of carbonyl (C=O) groups excluding carboxylic acids is 1. The second-order valence-corrected chi connectivity index (χ2v) is 6.77. The summed E-state index contributed by atoms with van der Waals surface area (Å²) >= 11 is 0. The van der Waals surface area contributed by atoms with E-state index in [0.29, 0.717) is 23.7 Å². The number of benzene rings is 2. The molecule has 1 amide bonds. The smallest absolute Gasteiger partial charge is 0.223 e. The van der Waals surface area contributed by atoms with Crippen LogP contribution in [0.15, 0.2) is 48.8 Å². The molecule has 0 bridgehead atoms. The molecule has 2 aromatic carbocycles. The first kappa shape index (κ1) is 19.6. The predicted molar refractivity (Wildman–Crippen MR) is 106 cm³/mol. The average Bonchev–Trinajstić information content (AvgIpc) is 3.07. The molecule has 146 valence electrons. The summed E-state index contributed by atoms with van der Waals surface area (Å²) in [6.45, 7) is 6.38. The van der Waals surface area contributed by atoms with E-state index in [9.17, 15) is 9.18 Å². The Morgan fingerprint density at radius 1 is 1.18 bits per heavy atom. The molecule has 6 heteroatoms. The third-order valence-electron chi connectivity index (χ3n) is 4.50. The Labute approximate surface area is 164 Å². The third kappa shape index (κ3) is 4.76. The Balaban J connectivity index is 1.49. The number of halogens is 1. The van der Waals surface area contributed by atoms with Gasteiger partial charge in [0, 0.05) is 18.9 Å². The SMILES string of the molecule is Cc1ccc(OCCC(=O)NCc2ccc(-n3ccnc3C)c(F)c2)c(C)c1. The molecule has 0 unspecified atom stereocenters. The topological polar surface area (TPSA) is 56.1 Å². The van der Waals surface area contributed by atoms with Crippen molar-refractivity contribution in [3.05, 3.63) is 77.1 Å². The van der Waals surface area contributed by atoms with E-state index in [2.05, 4.69) is 10.3 Å². The molecule has 28 heavy (non-hydrogen) atoms. The van der Waals surface area contributed by atoms with Gasteiger partial charge < -0.3 is 14.6 Å². The fourth-order valence-electron chi connectivity index (χ4n) is 2.99. The largest absolute Gasteiger partial charge is 0.493 e. The molecule has 5 nitrogen and oxygen atoms in total. The summed E-state index contributed by atoms with van der Waals surface area (Å²) in [4.78, 5) is 16.1. The highest BCUT2D eigenvalue weighted by atomic mass is 19.1. The normalized spacial score (nSPS) is 10.7. The molecule has 0 spiro atoms. The molecule has 0 aliphatic rings. The van der Waals surface area contributed by atoms with E-state index in [1.54, 1.807) is 29.1 Å². The number of imidazole rings is 1. The number of amides is 1. The maximum absolute atomic E-state index is 14.4. The van der Waals surface area contributed by atoms with Crippen molar-refractivity contribution in [1.82, 2.24) is 14.9 Å². The van der Waals surface area contributed by atoms with Crippen LogP contribution >= 0.6 is 0 Å². The lowest BCUT2D eigenvalue weighted by atomic mass is 10.1. The minimum absolute atomic E-state index is 0.139. The highest BCUT2D eigenvalue weighted by Crippen LogP contribution is 2.19. The van der Waals surface area contributed by atoms with Crippen molar-refractivity contribution in [3.63, 3.8) is 0 Å². The monoisotopic (exact) mass is 381 g/mol. The minimum Gasteiger partial charge on any atom is -0.493 e. The lowest BCUT2D eigenvalue weighted by Gasteiger charge is -2.11. The van der Waals surface area contributed by atoms with Crippen molar-refractivity contribution in [2.24, 2.45) is 0 Å². The highest BCUT2D eigenvalue weighted by Gasteiger charge is 2.09. The van der Waals surface area contributed by atoms with E-state index in [0.717, 1.165) is 11.3 Å². The molecule has 1 heterocycles. The molecule has 0 saturated heterocycles. The quantitative estimate of drug-likeness (QED) is 0.672. The maximum Gasteiger partial charge on any atom is 0.223 e. The number of hydrogen-bond donors (Lipinski definition) is 1. The van der Waals surface area contributed by atoms with Gasteiger partial charge in [0.25, 0.3) is 0 Å². The summed E-state index contributed by atoms with van der Waals surface area (Å²) in [6.07, 6.45) is 3.58. The van der Waals surface area contributed by atoms with Crippen LogP contribution in [-0.4, -0.2) is 22.1 Å². The predicted octanol–water partition coefficient (Wildman–Crippen LogP) is 4.02. The molecule has 0 aliphatic heterocycles. The Hall–Kier alpha value is -3.15. The van der Waals surface area contributed by atoms with Gasteiger partial charge in [-0.3, -0.25) is 4.79 Å². The Morgan fingerprint density at radius 3 is 2.68 bits per heavy atom. The summed E-state index contributed by atoms with van der Waals surface area (Å²) in [5, 5.41) is 2.80. The van der Waals surface area contributed by atoms with Crippen LogP contribution < -0.4 is 10.1 Å². The van der Waals surface area contributed by atoms with Crippen LogP contribution in [0.3, 0.4) is 0 Å². The van der Waals surface area contributed by atoms with Gasteiger partial charge in [-0.2, -0.15) is 0 Å². The molecule has 0 fully saturated rings. The van der Waals surface area contributed by atoms with E-state index in [1.165, 1.54) is 11.6 Å². The Bertz CT molecular complexity index is 982. The fourth-order valence-corrected chi connectivity index (χ4v) is 2.99. The summed E-state index contributed by atoms with van der Waals surface area (Å²) in [5.74, 6) is 1.00. The van der Waals surface area contributed by atoms with Crippen LogP contribution in [-0.2, 0) is 11.3 Å². The number of ether oxygens (including phenoxy) is 1. The van der Waals surface area contributed by atoms with Gasteiger partial charge >= 0.3 is 0 Å². The number of rotatable bonds is 7. The van der Waals surface area contributed by atoms with Crippen LogP contribution in [0, 0.1) is 26.6 Å². The van der Waals surface area contributed by atoms with E-state index >= 15 is 0 Å². The van der Waals surface area contributed by atoms with Crippen molar-refractivity contribution >= 4 is 5.91 Å². The van der Waals surface area contributed by atoms with Gasteiger partial charge in [-0.05, 0) is 50.1 Å². The first-order valence-electron chi connectivity index (χ1n) is 9.19. The number of hydrogen-bond acceptors (Lipinski definition) is 3. The van der Waals surface area contributed by atoms with Crippen molar-refractivity contribution in [3.8, 4) is 11.4 Å². The van der Waals surface area contributed by atoms with E-state index in [4.69, 9.17) is 4.74 Å². The molecule has 0 saturated carbocycles. The van der Waals surface area contributed by atoms with Gasteiger partial charge in [0.1, 0.15) is 17.4 Å². The lowest BCUT2D eigenvalue weighted by molar-refractivity contribution is -0.121. The van der Waals surface area contributed by atoms with Crippen molar-refractivity contribution in [2.45, 2.75) is 33.7 Å². The molecule has 3 aromatic rings. The summed E-state index contributed by atoms with van der Waals surface area (Å²) in [7, 11) is 0. The zero-order chi connectivity index (χ0) is 20.1. The molecule has 0 aliphatic carbocycles. The summed E-state index contributed by atoms with van der Waals surface area (Å²) in [6, 6.07) is 10.8. The zero-order valence-corrected chi connectivity index (χ0v) is 16.3. The van der Waals surface area contributed by atoms with E-state index < -0.39 is 0 Å². The third-order valence-corrected chi connectivity index (χ3v) is 4.50. The summed E-state index contributed by atoms with van der Waals surface area (Å²) in [5.41, 5.74) is 3.35. The van der Waals surface area contributed by atoms with Gasteiger partial charge in [0.2, 0.25) is 5.91 Å². The van der Waals surface area contributed by atoms with Crippen LogP contribution in [0.5, 0.6) is 5.75 Å².